The van der Waals surface area contributed by atoms with Crippen LogP contribution in [0.15, 0.2) is 0 Å². The summed E-state index contributed by atoms with van der Waals surface area (Å²) in [6, 6.07) is 0.495. The van der Waals surface area contributed by atoms with Crippen molar-refractivity contribution < 1.29 is 5.11 Å². The summed E-state index contributed by atoms with van der Waals surface area (Å²) >= 11 is 0. The second-order valence-electron chi connectivity index (χ2n) is 3.08. The van der Waals surface area contributed by atoms with Gasteiger partial charge in [-0.25, -0.2) is 0 Å². The largest absolute Gasteiger partial charge is 0.377 e. The molecule has 4 heteroatoms. The van der Waals surface area contributed by atoms with E-state index in [-0.39, 0.29) is 6.04 Å². The fraction of sp³-hybridized carbons (Fsp3) is 1.00. The summed E-state index contributed by atoms with van der Waals surface area (Å²) in [6.45, 7) is 3.76. The van der Waals surface area contributed by atoms with Crippen LogP contribution < -0.4 is 16.0 Å². The van der Waals surface area contributed by atoms with E-state index in [1.54, 1.807) is 0 Å². The summed E-state index contributed by atoms with van der Waals surface area (Å²) in [6.07, 6.45) is -0.425. The van der Waals surface area contributed by atoms with Crippen molar-refractivity contribution in [2.45, 2.75) is 25.2 Å². The molecule has 4 N–H and O–H groups in total. The average Bonchev–Trinajstić information content (AvgIpc) is 1.95. The predicted molar refractivity (Wildman–Crippen MR) is 44.3 cm³/mol. The lowest BCUT2D eigenvalue weighted by molar-refractivity contribution is 0.0598. The van der Waals surface area contributed by atoms with E-state index in [4.69, 9.17) is 0 Å². The number of hydrogen-bond acceptors (Lipinski definition) is 4. The van der Waals surface area contributed by atoms with E-state index in [0.29, 0.717) is 6.04 Å². The molecule has 1 aliphatic rings. The quantitative estimate of drug-likeness (QED) is 0.395. The topological polar surface area (TPSA) is 56.3 Å². The minimum absolute atomic E-state index is 0.135. The normalized spacial score (nSPS) is 39.0. The van der Waals surface area contributed by atoms with Crippen molar-refractivity contribution in [2.75, 3.05) is 20.1 Å². The van der Waals surface area contributed by atoms with Gasteiger partial charge in [-0.2, -0.15) is 0 Å². The van der Waals surface area contributed by atoms with Gasteiger partial charge in [-0.15, -0.1) is 0 Å². The summed E-state index contributed by atoms with van der Waals surface area (Å²) in [7, 11) is 1.88. The number of nitrogens with one attached hydrogen (secondary N) is 3. The highest BCUT2D eigenvalue weighted by atomic mass is 16.3. The lowest BCUT2D eigenvalue weighted by Gasteiger charge is -2.33. The molecule has 0 aromatic carbocycles. The third-order valence-corrected chi connectivity index (χ3v) is 1.95. The molecule has 1 aliphatic heterocycles. The lowest BCUT2D eigenvalue weighted by atomic mass is 10.1. The molecular formula is C7H17N3O. The minimum atomic E-state index is -0.425. The highest BCUT2D eigenvalue weighted by Gasteiger charge is 2.24. The summed E-state index contributed by atoms with van der Waals surface area (Å²) in [4.78, 5) is 0. The van der Waals surface area contributed by atoms with Crippen LogP contribution in [0.4, 0.5) is 0 Å². The molecule has 0 bridgehead atoms. The zero-order valence-corrected chi connectivity index (χ0v) is 7.09. The number of aliphatic hydroxyl groups excluding tert-OH is 1. The van der Waals surface area contributed by atoms with Gasteiger partial charge in [-0.3, -0.25) is 5.32 Å². The number of hydrogen-bond donors (Lipinski definition) is 4. The lowest BCUT2D eigenvalue weighted by Crippen LogP contribution is -2.62. The predicted octanol–water partition coefficient (Wildman–Crippen LogP) is -1.53. The molecule has 1 fully saturated rings. The Morgan fingerprint density at radius 1 is 1.64 bits per heavy atom. The zero-order valence-electron chi connectivity index (χ0n) is 7.09. The van der Waals surface area contributed by atoms with Crippen molar-refractivity contribution >= 4 is 0 Å². The van der Waals surface area contributed by atoms with E-state index in [1.165, 1.54) is 0 Å². The third-order valence-electron chi connectivity index (χ3n) is 1.95. The summed E-state index contributed by atoms with van der Waals surface area (Å²) in [5.74, 6) is 0. The Morgan fingerprint density at radius 2 is 2.36 bits per heavy atom. The summed E-state index contributed by atoms with van der Waals surface area (Å²) < 4.78 is 0. The molecular weight excluding hydrogens is 142 g/mol. The maximum Gasteiger partial charge on any atom is 0.121 e. The van der Waals surface area contributed by atoms with Crippen molar-refractivity contribution in [1.82, 2.24) is 16.0 Å². The van der Waals surface area contributed by atoms with Gasteiger partial charge in [-0.05, 0) is 14.0 Å². The Kier molecular flexibility index (Phi) is 3.26. The van der Waals surface area contributed by atoms with Crippen LogP contribution in [0.2, 0.25) is 0 Å². The molecule has 1 rings (SSSR count). The molecule has 0 aromatic rings. The summed E-state index contributed by atoms with van der Waals surface area (Å²) in [5.41, 5.74) is 0. The zero-order chi connectivity index (χ0) is 8.27. The van der Waals surface area contributed by atoms with Gasteiger partial charge in [0.2, 0.25) is 0 Å². The molecule has 0 spiro atoms. The maximum atomic E-state index is 9.46. The van der Waals surface area contributed by atoms with Crippen LogP contribution in [0.3, 0.4) is 0 Å². The van der Waals surface area contributed by atoms with Crippen molar-refractivity contribution in [2.24, 2.45) is 0 Å². The second kappa shape index (κ2) is 4.01. The first-order valence-corrected chi connectivity index (χ1v) is 4.06. The smallest absolute Gasteiger partial charge is 0.121 e. The summed E-state index contributed by atoms with van der Waals surface area (Å²) in [5, 5.41) is 18.8. The van der Waals surface area contributed by atoms with Gasteiger partial charge in [0.25, 0.3) is 0 Å². The fourth-order valence-corrected chi connectivity index (χ4v) is 1.31. The molecule has 66 valence electrons. The number of likely N-dealkylation sites (N-methyl/N-ethyl adjacent to an activating group) is 1. The molecule has 0 saturated carbocycles. The van der Waals surface area contributed by atoms with Gasteiger partial charge in [0, 0.05) is 19.1 Å². The Morgan fingerprint density at radius 3 is 2.91 bits per heavy atom. The highest BCUT2D eigenvalue weighted by molar-refractivity contribution is 4.84. The SMILES string of the molecule is CNCC1NCC(C)NC1O. The standard InChI is InChI=1S/C7H17N3O/c1-5-3-9-6(4-8-2)7(11)10-5/h5-11H,3-4H2,1-2H3. The van der Waals surface area contributed by atoms with E-state index in [0.717, 1.165) is 13.1 Å². The number of rotatable bonds is 2. The van der Waals surface area contributed by atoms with Crippen molar-refractivity contribution in [1.29, 1.82) is 0 Å². The molecule has 0 amide bonds. The van der Waals surface area contributed by atoms with Gasteiger partial charge in [0.1, 0.15) is 6.23 Å². The molecule has 1 heterocycles. The van der Waals surface area contributed by atoms with E-state index in [9.17, 15) is 5.11 Å². The average molecular weight is 159 g/mol. The van der Waals surface area contributed by atoms with Crippen LogP contribution in [0.1, 0.15) is 6.92 Å². The van der Waals surface area contributed by atoms with Crippen LogP contribution in [-0.2, 0) is 0 Å². The second-order valence-corrected chi connectivity index (χ2v) is 3.08. The van der Waals surface area contributed by atoms with Crippen LogP contribution in [-0.4, -0.2) is 43.6 Å². The van der Waals surface area contributed by atoms with Gasteiger partial charge in [0.05, 0.1) is 6.04 Å². The number of piperazine rings is 1. The first-order valence-electron chi connectivity index (χ1n) is 4.06. The van der Waals surface area contributed by atoms with E-state index in [2.05, 4.69) is 16.0 Å². The molecule has 11 heavy (non-hydrogen) atoms. The van der Waals surface area contributed by atoms with Crippen molar-refractivity contribution in [3.05, 3.63) is 0 Å². The minimum Gasteiger partial charge on any atom is -0.377 e. The van der Waals surface area contributed by atoms with Crippen LogP contribution in [0, 0.1) is 0 Å². The molecule has 0 aliphatic carbocycles. The van der Waals surface area contributed by atoms with Gasteiger partial charge < -0.3 is 15.7 Å². The van der Waals surface area contributed by atoms with Gasteiger partial charge in [0.15, 0.2) is 0 Å². The van der Waals surface area contributed by atoms with E-state index >= 15 is 0 Å². The Balaban J connectivity index is 2.31. The van der Waals surface area contributed by atoms with Crippen LogP contribution in [0.25, 0.3) is 0 Å². The molecule has 3 atom stereocenters. The van der Waals surface area contributed by atoms with Gasteiger partial charge >= 0.3 is 0 Å². The first-order chi connectivity index (χ1) is 5.24. The maximum absolute atomic E-state index is 9.46. The Bertz CT molecular complexity index is 120. The van der Waals surface area contributed by atoms with E-state index < -0.39 is 6.23 Å². The number of aliphatic hydroxyl groups is 1. The molecule has 4 nitrogen and oxygen atoms in total. The monoisotopic (exact) mass is 159 g/mol. The molecule has 0 radical (unpaired) electrons. The highest BCUT2D eigenvalue weighted by Crippen LogP contribution is 1.97. The molecule has 1 saturated heterocycles. The molecule has 0 aromatic heterocycles. The fourth-order valence-electron chi connectivity index (χ4n) is 1.31. The molecule has 3 unspecified atom stereocenters. The van der Waals surface area contributed by atoms with Crippen molar-refractivity contribution in [3.63, 3.8) is 0 Å². The Labute approximate surface area is 67.4 Å². The van der Waals surface area contributed by atoms with E-state index in [1.807, 2.05) is 14.0 Å². The van der Waals surface area contributed by atoms with Crippen LogP contribution >= 0.6 is 0 Å². The van der Waals surface area contributed by atoms with Gasteiger partial charge in [-0.1, -0.05) is 0 Å². The van der Waals surface area contributed by atoms with Crippen LogP contribution in [0.5, 0.6) is 0 Å². The van der Waals surface area contributed by atoms with Crippen molar-refractivity contribution in [3.8, 4) is 0 Å². The Hall–Kier alpha value is -0.160. The third kappa shape index (κ3) is 2.41. The first kappa shape index (κ1) is 8.93.